The summed E-state index contributed by atoms with van der Waals surface area (Å²) < 4.78 is 9.62. The Morgan fingerprint density at radius 2 is 2.13 bits per heavy atom. The first-order valence-corrected chi connectivity index (χ1v) is 4.71. The third kappa shape index (κ3) is 6.87. The summed E-state index contributed by atoms with van der Waals surface area (Å²) in [7, 11) is 1.28. The van der Waals surface area contributed by atoms with Crippen LogP contribution in [0.1, 0.15) is 13.3 Å². The molecule has 1 unspecified atom stereocenters. The number of amides is 1. The van der Waals surface area contributed by atoms with Crippen LogP contribution >= 0.6 is 0 Å². The molecule has 0 rings (SSSR count). The van der Waals surface area contributed by atoms with Gasteiger partial charge in [-0.2, -0.15) is 0 Å². The van der Waals surface area contributed by atoms with Crippen LogP contribution in [0.4, 0.5) is 0 Å². The first-order chi connectivity index (χ1) is 7.11. The third-order valence-corrected chi connectivity index (χ3v) is 1.72. The van der Waals surface area contributed by atoms with E-state index in [0.29, 0.717) is 13.2 Å². The second-order valence-electron chi connectivity index (χ2n) is 2.81. The molecule has 0 aromatic heterocycles. The van der Waals surface area contributed by atoms with Crippen LogP contribution in [0.3, 0.4) is 0 Å². The largest absolute Gasteiger partial charge is 0.479 e. The van der Waals surface area contributed by atoms with E-state index >= 15 is 0 Å². The fourth-order valence-electron chi connectivity index (χ4n) is 0.876. The van der Waals surface area contributed by atoms with Crippen molar-refractivity contribution in [3.05, 3.63) is 0 Å². The molecule has 15 heavy (non-hydrogen) atoms. The van der Waals surface area contributed by atoms with E-state index in [1.165, 1.54) is 7.11 Å². The quantitative estimate of drug-likeness (QED) is 0.544. The van der Waals surface area contributed by atoms with Gasteiger partial charge in [-0.15, -0.1) is 0 Å². The lowest BCUT2D eigenvalue weighted by atomic mass is 10.3. The van der Waals surface area contributed by atoms with E-state index in [2.05, 4.69) is 10.1 Å². The van der Waals surface area contributed by atoms with Crippen molar-refractivity contribution < 1.29 is 24.2 Å². The minimum absolute atomic E-state index is 0.0310. The van der Waals surface area contributed by atoms with Crippen LogP contribution in [0.2, 0.25) is 0 Å². The SMILES string of the molecule is CCOCCC(=O)NCC(OC)C(=O)O. The van der Waals surface area contributed by atoms with Crippen LogP contribution in [0.25, 0.3) is 0 Å². The Morgan fingerprint density at radius 1 is 1.47 bits per heavy atom. The number of carboxylic acid groups (broad SMARTS) is 1. The zero-order valence-electron chi connectivity index (χ0n) is 8.99. The summed E-state index contributed by atoms with van der Waals surface area (Å²) in [6, 6.07) is 0. The first-order valence-electron chi connectivity index (χ1n) is 4.71. The maximum Gasteiger partial charge on any atom is 0.334 e. The molecule has 0 bridgehead atoms. The van der Waals surface area contributed by atoms with E-state index in [1.807, 2.05) is 6.92 Å². The molecule has 0 heterocycles. The van der Waals surface area contributed by atoms with Gasteiger partial charge in [-0.05, 0) is 6.92 Å². The van der Waals surface area contributed by atoms with E-state index in [-0.39, 0.29) is 18.9 Å². The smallest absolute Gasteiger partial charge is 0.334 e. The van der Waals surface area contributed by atoms with Gasteiger partial charge in [0.1, 0.15) is 0 Å². The molecule has 0 saturated heterocycles. The minimum Gasteiger partial charge on any atom is -0.479 e. The molecule has 0 radical (unpaired) electrons. The summed E-state index contributed by atoms with van der Waals surface area (Å²) in [6.07, 6.45) is -0.773. The molecule has 1 atom stereocenters. The van der Waals surface area contributed by atoms with Crippen LogP contribution in [0.5, 0.6) is 0 Å². The predicted octanol–water partition coefficient (Wildman–Crippen LogP) is -0.371. The Labute approximate surface area is 88.6 Å². The molecular formula is C9H17NO5. The summed E-state index contributed by atoms with van der Waals surface area (Å²) in [4.78, 5) is 21.6. The number of carboxylic acids is 1. The van der Waals surface area contributed by atoms with Crippen molar-refractivity contribution in [1.82, 2.24) is 5.32 Å². The number of carbonyl (C=O) groups is 2. The Balaban J connectivity index is 3.64. The number of rotatable bonds is 8. The Hall–Kier alpha value is -1.14. The van der Waals surface area contributed by atoms with Gasteiger partial charge < -0.3 is 19.9 Å². The highest BCUT2D eigenvalue weighted by Gasteiger charge is 2.16. The van der Waals surface area contributed by atoms with Gasteiger partial charge in [0.2, 0.25) is 5.91 Å². The molecule has 0 spiro atoms. The number of aliphatic carboxylic acids is 1. The summed E-state index contributed by atoms with van der Waals surface area (Å²) in [6.45, 7) is 2.70. The molecule has 0 aliphatic heterocycles. The second kappa shape index (κ2) is 8.19. The van der Waals surface area contributed by atoms with Gasteiger partial charge in [-0.1, -0.05) is 0 Å². The van der Waals surface area contributed by atoms with Crippen molar-refractivity contribution in [1.29, 1.82) is 0 Å². The van der Waals surface area contributed by atoms with Gasteiger partial charge in [0, 0.05) is 20.1 Å². The van der Waals surface area contributed by atoms with E-state index in [4.69, 9.17) is 9.84 Å². The zero-order chi connectivity index (χ0) is 11.7. The second-order valence-corrected chi connectivity index (χ2v) is 2.81. The molecule has 0 aliphatic carbocycles. The molecule has 0 aliphatic rings. The highest BCUT2D eigenvalue weighted by atomic mass is 16.5. The molecule has 0 aromatic carbocycles. The van der Waals surface area contributed by atoms with E-state index in [9.17, 15) is 9.59 Å². The van der Waals surface area contributed by atoms with Crippen molar-refractivity contribution in [3.63, 3.8) is 0 Å². The number of hydrogen-bond donors (Lipinski definition) is 2. The Kier molecular flexibility index (Phi) is 7.57. The molecular weight excluding hydrogens is 202 g/mol. The van der Waals surface area contributed by atoms with Gasteiger partial charge in [-0.25, -0.2) is 4.79 Å². The van der Waals surface area contributed by atoms with Crippen LogP contribution in [0.15, 0.2) is 0 Å². The van der Waals surface area contributed by atoms with Crippen molar-refractivity contribution in [2.75, 3.05) is 26.9 Å². The number of ether oxygens (including phenoxy) is 2. The molecule has 88 valence electrons. The maximum atomic E-state index is 11.1. The molecule has 6 nitrogen and oxygen atoms in total. The normalized spacial score (nSPS) is 12.1. The number of nitrogens with one attached hydrogen (secondary N) is 1. The number of methoxy groups -OCH3 is 1. The monoisotopic (exact) mass is 219 g/mol. The predicted molar refractivity (Wildman–Crippen MR) is 52.6 cm³/mol. The summed E-state index contributed by atoms with van der Waals surface area (Å²) in [5.74, 6) is -1.34. The molecule has 0 aromatic rings. The van der Waals surface area contributed by atoms with Gasteiger partial charge in [0.25, 0.3) is 0 Å². The lowest BCUT2D eigenvalue weighted by Crippen LogP contribution is -2.38. The highest BCUT2D eigenvalue weighted by Crippen LogP contribution is 1.89. The molecule has 2 N–H and O–H groups in total. The summed E-state index contributed by atoms with van der Waals surface area (Å²) >= 11 is 0. The molecule has 0 fully saturated rings. The highest BCUT2D eigenvalue weighted by molar-refractivity contribution is 5.78. The van der Waals surface area contributed by atoms with E-state index in [1.54, 1.807) is 0 Å². The topological polar surface area (TPSA) is 84.9 Å². The Morgan fingerprint density at radius 3 is 2.60 bits per heavy atom. The van der Waals surface area contributed by atoms with Crippen molar-refractivity contribution in [2.45, 2.75) is 19.4 Å². The van der Waals surface area contributed by atoms with E-state index in [0.717, 1.165) is 0 Å². The lowest BCUT2D eigenvalue weighted by Gasteiger charge is -2.11. The van der Waals surface area contributed by atoms with Crippen molar-refractivity contribution >= 4 is 11.9 Å². The average Bonchev–Trinajstić information content (AvgIpc) is 2.18. The van der Waals surface area contributed by atoms with Crippen LogP contribution in [-0.4, -0.2) is 50.0 Å². The van der Waals surface area contributed by atoms with Gasteiger partial charge >= 0.3 is 5.97 Å². The summed E-state index contributed by atoms with van der Waals surface area (Å²) in [5.41, 5.74) is 0. The average molecular weight is 219 g/mol. The van der Waals surface area contributed by atoms with Gasteiger partial charge in [-0.3, -0.25) is 4.79 Å². The van der Waals surface area contributed by atoms with Crippen LogP contribution in [-0.2, 0) is 19.1 Å². The van der Waals surface area contributed by atoms with Crippen LogP contribution < -0.4 is 5.32 Å². The molecule has 1 amide bonds. The standard InChI is InChI=1S/C9H17NO5/c1-3-15-5-4-8(11)10-6-7(14-2)9(12)13/h7H,3-6H2,1-2H3,(H,10,11)(H,12,13). The first kappa shape index (κ1) is 13.9. The molecule has 0 saturated carbocycles. The minimum atomic E-state index is -1.09. The fraction of sp³-hybridized carbons (Fsp3) is 0.778. The lowest BCUT2D eigenvalue weighted by molar-refractivity contribution is -0.148. The van der Waals surface area contributed by atoms with E-state index < -0.39 is 12.1 Å². The van der Waals surface area contributed by atoms with Crippen molar-refractivity contribution in [2.24, 2.45) is 0 Å². The van der Waals surface area contributed by atoms with Gasteiger partial charge in [0.05, 0.1) is 13.2 Å². The molecule has 6 heteroatoms. The van der Waals surface area contributed by atoms with Crippen molar-refractivity contribution in [3.8, 4) is 0 Å². The van der Waals surface area contributed by atoms with Gasteiger partial charge in [0.15, 0.2) is 6.10 Å². The Bertz CT molecular complexity index is 207. The fourth-order valence-corrected chi connectivity index (χ4v) is 0.876. The number of carbonyl (C=O) groups excluding carboxylic acids is 1. The third-order valence-electron chi connectivity index (χ3n) is 1.72. The number of hydrogen-bond acceptors (Lipinski definition) is 4. The van der Waals surface area contributed by atoms with Crippen LogP contribution in [0, 0.1) is 0 Å². The summed E-state index contributed by atoms with van der Waals surface area (Å²) in [5, 5.41) is 11.0. The maximum absolute atomic E-state index is 11.1. The zero-order valence-corrected chi connectivity index (χ0v) is 8.99.